The van der Waals surface area contributed by atoms with Crippen molar-refractivity contribution in [3.63, 3.8) is 0 Å². The van der Waals surface area contributed by atoms with E-state index in [1.54, 1.807) is 13.4 Å². The highest BCUT2D eigenvalue weighted by molar-refractivity contribution is 5.92. The van der Waals surface area contributed by atoms with Crippen LogP contribution in [0.1, 0.15) is 0 Å². The van der Waals surface area contributed by atoms with Crippen LogP contribution in [0.25, 0.3) is 22.2 Å². The second-order valence-electron chi connectivity index (χ2n) is 7.99. The number of hydrogen-bond donors (Lipinski definition) is 1. The van der Waals surface area contributed by atoms with Gasteiger partial charge in [0.1, 0.15) is 11.2 Å². The van der Waals surface area contributed by atoms with Gasteiger partial charge in [0.25, 0.3) is 5.56 Å². The number of benzene rings is 1. The number of aromatic nitrogens is 3. The summed E-state index contributed by atoms with van der Waals surface area (Å²) in [5, 5.41) is 9.92. The van der Waals surface area contributed by atoms with Gasteiger partial charge in [0.15, 0.2) is 0 Å². The van der Waals surface area contributed by atoms with Gasteiger partial charge >= 0.3 is 0 Å². The molecule has 2 aliphatic rings. The molecule has 0 spiro atoms. The molecule has 0 bridgehead atoms. The van der Waals surface area contributed by atoms with Crippen molar-refractivity contribution in [2.75, 3.05) is 55.8 Å². The number of aliphatic hydroxyl groups excluding tert-OH is 1. The Morgan fingerprint density at radius 1 is 1.13 bits per heavy atom. The lowest BCUT2D eigenvalue weighted by Gasteiger charge is -2.39. The first-order valence-corrected chi connectivity index (χ1v) is 10.3. The first-order chi connectivity index (χ1) is 14.6. The molecule has 156 valence electrons. The average molecular weight is 407 g/mol. The number of ether oxygens (including phenoxy) is 1. The smallest absolute Gasteiger partial charge is 0.264 e. The number of rotatable bonds is 4. The Bertz CT molecular complexity index is 1120. The van der Waals surface area contributed by atoms with E-state index in [1.807, 2.05) is 6.07 Å². The van der Waals surface area contributed by atoms with Crippen molar-refractivity contribution in [2.24, 2.45) is 13.0 Å². The molecule has 2 saturated heterocycles. The van der Waals surface area contributed by atoms with Crippen LogP contribution in [-0.2, 0) is 11.8 Å². The molecule has 2 fully saturated rings. The van der Waals surface area contributed by atoms with E-state index in [2.05, 4.69) is 39.0 Å². The summed E-state index contributed by atoms with van der Waals surface area (Å²) < 4.78 is 6.91. The van der Waals surface area contributed by atoms with Crippen LogP contribution in [0.4, 0.5) is 11.5 Å². The predicted molar refractivity (Wildman–Crippen MR) is 116 cm³/mol. The number of morpholine rings is 1. The summed E-state index contributed by atoms with van der Waals surface area (Å²) in [5.41, 5.74) is 3.48. The van der Waals surface area contributed by atoms with E-state index < -0.39 is 0 Å². The third-order valence-corrected chi connectivity index (χ3v) is 5.94. The zero-order valence-electron chi connectivity index (χ0n) is 17.0. The molecule has 2 aliphatic heterocycles. The maximum Gasteiger partial charge on any atom is 0.264 e. The van der Waals surface area contributed by atoms with Crippen LogP contribution in [0.15, 0.2) is 41.5 Å². The van der Waals surface area contributed by atoms with Gasteiger partial charge in [-0.25, -0.2) is 9.97 Å². The van der Waals surface area contributed by atoms with E-state index in [9.17, 15) is 9.90 Å². The number of hydrogen-bond acceptors (Lipinski definition) is 7. The molecule has 0 unspecified atom stereocenters. The summed E-state index contributed by atoms with van der Waals surface area (Å²) in [4.78, 5) is 26.5. The Morgan fingerprint density at radius 3 is 2.57 bits per heavy atom. The topological polar surface area (TPSA) is 83.7 Å². The minimum absolute atomic E-state index is 0.107. The van der Waals surface area contributed by atoms with Crippen molar-refractivity contribution in [1.82, 2.24) is 14.5 Å². The number of nitrogens with zero attached hydrogens (tertiary/aromatic N) is 5. The Labute approximate surface area is 174 Å². The normalized spacial score (nSPS) is 17.4. The van der Waals surface area contributed by atoms with Crippen molar-refractivity contribution in [1.29, 1.82) is 0 Å². The van der Waals surface area contributed by atoms with Crippen LogP contribution in [0.3, 0.4) is 0 Å². The summed E-state index contributed by atoms with van der Waals surface area (Å²) in [6.45, 7) is 4.82. The largest absolute Gasteiger partial charge is 0.396 e. The number of anilines is 2. The Kier molecular flexibility index (Phi) is 4.88. The molecule has 8 heteroatoms. The minimum Gasteiger partial charge on any atom is -0.396 e. The lowest BCUT2D eigenvalue weighted by molar-refractivity contribution is 0.122. The van der Waals surface area contributed by atoms with Crippen LogP contribution >= 0.6 is 0 Å². The van der Waals surface area contributed by atoms with Gasteiger partial charge in [0, 0.05) is 57.0 Å². The molecule has 1 aromatic carbocycles. The minimum atomic E-state index is -0.107. The van der Waals surface area contributed by atoms with Crippen LogP contribution < -0.4 is 15.4 Å². The molecular weight excluding hydrogens is 382 g/mol. The molecule has 30 heavy (non-hydrogen) atoms. The molecule has 4 heterocycles. The zero-order valence-corrected chi connectivity index (χ0v) is 17.0. The first kappa shape index (κ1) is 19.0. The van der Waals surface area contributed by atoms with Gasteiger partial charge in [-0.1, -0.05) is 12.1 Å². The molecule has 0 amide bonds. The van der Waals surface area contributed by atoms with Crippen LogP contribution in [-0.4, -0.2) is 65.6 Å². The Hall–Kier alpha value is -2.97. The maximum absolute atomic E-state index is 12.8. The van der Waals surface area contributed by atoms with Gasteiger partial charge < -0.3 is 24.2 Å². The fourth-order valence-corrected chi connectivity index (χ4v) is 4.10. The lowest BCUT2D eigenvalue weighted by atomic mass is 10.0. The second kappa shape index (κ2) is 7.70. The average Bonchev–Trinajstić information content (AvgIpc) is 2.76. The van der Waals surface area contributed by atoms with E-state index in [1.165, 1.54) is 10.3 Å². The summed E-state index contributed by atoms with van der Waals surface area (Å²) in [6, 6.07) is 10.2. The van der Waals surface area contributed by atoms with Gasteiger partial charge in [0.05, 0.1) is 30.8 Å². The van der Waals surface area contributed by atoms with Crippen LogP contribution in [0.5, 0.6) is 0 Å². The number of pyridine rings is 1. The van der Waals surface area contributed by atoms with Crippen molar-refractivity contribution < 1.29 is 9.84 Å². The number of aryl methyl sites for hydroxylation is 1. The SMILES string of the molecule is Cn1cnc2cc(-c3ccc(N4CCOCC4)cc3)nc(N3CC(CO)C3)c2c1=O. The van der Waals surface area contributed by atoms with E-state index in [0.29, 0.717) is 29.8 Å². The van der Waals surface area contributed by atoms with Crippen molar-refractivity contribution >= 4 is 22.4 Å². The van der Waals surface area contributed by atoms with E-state index >= 15 is 0 Å². The molecule has 5 rings (SSSR count). The fourth-order valence-electron chi connectivity index (χ4n) is 4.10. The standard InChI is InChI=1S/C22H25N5O3/c1-25-14-23-19-10-18(16-2-4-17(5-3-16)26-6-8-30-9-7-26)24-21(20(19)22(25)29)27-11-15(12-27)13-28/h2-5,10,14-15,28H,6-9,11-13H2,1H3. The summed E-state index contributed by atoms with van der Waals surface area (Å²) in [7, 11) is 1.70. The molecule has 3 aromatic rings. The highest BCUT2D eigenvalue weighted by atomic mass is 16.5. The molecule has 0 aliphatic carbocycles. The van der Waals surface area contributed by atoms with Gasteiger partial charge in [-0.15, -0.1) is 0 Å². The molecule has 0 saturated carbocycles. The maximum atomic E-state index is 12.8. The molecule has 0 radical (unpaired) electrons. The molecular formula is C22H25N5O3. The second-order valence-corrected chi connectivity index (χ2v) is 7.99. The van der Waals surface area contributed by atoms with Crippen molar-refractivity contribution in [3.05, 3.63) is 47.0 Å². The predicted octanol–water partition coefficient (Wildman–Crippen LogP) is 1.26. The number of aliphatic hydroxyl groups is 1. The van der Waals surface area contributed by atoms with E-state index in [-0.39, 0.29) is 18.1 Å². The number of fused-ring (bicyclic) bond motifs is 1. The van der Waals surface area contributed by atoms with Gasteiger partial charge in [-0.3, -0.25) is 4.79 Å². The van der Waals surface area contributed by atoms with Crippen molar-refractivity contribution in [2.45, 2.75) is 0 Å². The Morgan fingerprint density at radius 2 is 1.87 bits per heavy atom. The third-order valence-electron chi connectivity index (χ3n) is 5.94. The fraction of sp³-hybridized carbons (Fsp3) is 0.409. The summed E-state index contributed by atoms with van der Waals surface area (Å²) in [6.07, 6.45) is 1.55. The summed E-state index contributed by atoms with van der Waals surface area (Å²) in [5.74, 6) is 0.872. The third kappa shape index (κ3) is 3.32. The summed E-state index contributed by atoms with van der Waals surface area (Å²) >= 11 is 0. The molecule has 8 nitrogen and oxygen atoms in total. The van der Waals surface area contributed by atoms with Gasteiger partial charge in [-0.2, -0.15) is 0 Å². The highest BCUT2D eigenvalue weighted by Crippen LogP contribution is 2.31. The highest BCUT2D eigenvalue weighted by Gasteiger charge is 2.30. The monoisotopic (exact) mass is 407 g/mol. The van der Waals surface area contributed by atoms with Crippen LogP contribution in [0, 0.1) is 5.92 Å². The quantitative estimate of drug-likeness (QED) is 0.697. The first-order valence-electron chi connectivity index (χ1n) is 10.3. The van der Waals surface area contributed by atoms with Gasteiger partial charge in [0.2, 0.25) is 0 Å². The molecule has 2 aromatic heterocycles. The lowest BCUT2D eigenvalue weighted by Crippen LogP contribution is -2.49. The van der Waals surface area contributed by atoms with Gasteiger partial charge in [-0.05, 0) is 18.2 Å². The van der Waals surface area contributed by atoms with Crippen LogP contribution in [0.2, 0.25) is 0 Å². The Balaban J connectivity index is 1.54. The van der Waals surface area contributed by atoms with Crippen molar-refractivity contribution in [3.8, 4) is 11.3 Å². The van der Waals surface area contributed by atoms with E-state index in [4.69, 9.17) is 9.72 Å². The van der Waals surface area contributed by atoms with E-state index in [0.717, 1.165) is 37.6 Å². The molecule has 1 N–H and O–H groups in total. The zero-order chi connectivity index (χ0) is 20.7. The molecule has 0 atom stereocenters.